The summed E-state index contributed by atoms with van der Waals surface area (Å²) in [5, 5.41) is 2.84. The lowest BCUT2D eigenvalue weighted by Gasteiger charge is -2.29. The number of ether oxygens (including phenoxy) is 2. The number of hydrogen-bond acceptors (Lipinski definition) is 6. The van der Waals surface area contributed by atoms with Gasteiger partial charge in [-0.15, -0.1) is 0 Å². The molecule has 0 spiro atoms. The van der Waals surface area contributed by atoms with Gasteiger partial charge in [-0.3, -0.25) is 19.4 Å². The van der Waals surface area contributed by atoms with E-state index >= 15 is 0 Å². The third kappa shape index (κ3) is 6.47. The predicted octanol–water partition coefficient (Wildman–Crippen LogP) is 3.73. The molecule has 186 valence electrons. The first-order chi connectivity index (χ1) is 17.5. The second-order valence-electron chi connectivity index (χ2n) is 8.43. The second kappa shape index (κ2) is 12.0. The van der Waals surface area contributed by atoms with Crippen molar-refractivity contribution in [3.8, 4) is 11.5 Å². The Kier molecular flexibility index (Phi) is 8.28. The van der Waals surface area contributed by atoms with E-state index < -0.39 is 0 Å². The standard InChI is InChI=1S/C28H29N3O5/c1-2-20-8-11-23(12-9-20)35-18-25(32)21-10-13-26-24(16-21)31(28(34)19-36-26)15-5-7-27(33)30-17-22-6-3-4-14-29-22/h3-4,6,8-14,16H,2,5,7,15,17-19H2,1H3,(H,30,33). The molecule has 0 bridgehead atoms. The highest BCUT2D eigenvalue weighted by Crippen LogP contribution is 2.33. The van der Waals surface area contributed by atoms with Crippen molar-refractivity contribution in [2.75, 3.05) is 24.7 Å². The van der Waals surface area contributed by atoms with E-state index in [1.165, 1.54) is 5.56 Å². The number of anilines is 1. The van der Waals surface area contributed by atoms with Gasteiger partial charge in [0.1, 0.15) is 11.5 Å². The highest BCUT2D eigenvalue weighted by Gasteiger charge is 2.26. The second-order valence-corrected chi connectivity index (χ2v) is 8.43. The van der Waals surface area contributed by atoms with Gasteiger partial charge in [0.25, 0.3) is 5.91 Å². The van der Waals surface area contributed by atoms with Crippen LogP contribution < -0.4 is 19.7 Å². The number of carbonyl (C=O) groups is 3. The van der Waals surface area contributed by atoms with E-state index in [-0.39, 0.29) is 37.2 Å². The molecule has 0 saturated heterocycles. The molecule has 8 heteroatoms. The zero-order chi connectivity index (χ0) is 25.3. The number of rotatable bonds is 11. The van der Waals surface area contributed by atoms with E-state index in [1.807, 2.05) is 42.5 Å². The lowest BCUT2D eigenvalue weighted by atomic mass is 10.1. The van der Waals surface area contributed by atoms with Crippen LogP contribution in [0.4, 0.5) is 5.69 Å². The van der Waals surface area contributed by atoms with Crippen LogP contribution in [0.1, 0.15) is 41.4 Å². The fraction of sp³-hybridized carbons (Fsp3) is 0.286. The predicted molar refractivity (Wildman–Crippen MR) is 135 cm³/mol. The number of nitrogens with zero attached hydrogens (tertiary/aromatic N) is 2. The Bertz CT molecular complexity index is 1210. The van der Waals surface area contributed by atoms with Gasteiger partial charge in [-0.25, -0.2) is 0 Å². The fourth-order valence-corrected chi connectivity index (χ4v) is 3.85. The Labute approximate surface area is 210 Å². The number of aryl methyl sites for hydroxylation is 1. The molecule has 0 radical (unpaired) electrons. The number of ketones is 1. The number of hydrogen-bond donors (Lipinski definition) is 1. The number of pyridine rings is 1. The molecule has 3 aromatic rings. The molecular weight excluding hydrogens is 458 g/mol. The largest absolute Gasteiger partial charge is 0.485 e. The average Bonchev–Trinajstić information content (AvgIpc) is 2.92. The molecule has 0 atom stereocenters. The van der Waals surface area contributed by atoms with Gasteiger partial charge < -0.3 is 19.7 Å². The summed E-state index contributed by atoms with van der Waals surface area (Å²) < 4.78 is 11.2. The number of Topliss-reactive ketones (excluding diaryl/α,β-unsaturated/α-hetero) is 1. The molecule has 0 aliphatic carbocycles. The lowest BCUT2D eigenvalue weighted by Crippen LogP contribution is -2.40. The van der Waals surface area contributed by atoms with Crippen molar-refractivity contribution < 1.29 is 23.9 Å². The maximum absolute atomic E-state index is 12.8. The van der Waals surface area contributed by atoms with E-state index in [1.54, 1.807) is 29.3 Å². The molecule has 0 fully saturated rings. The van der Waals surface area contributed by atoms with Crippen molar-refractivity contribution in [3.63, 3.8) is 0 Å². The van der Waals surface area contributed by atoms with Gasteiger partial charge in [0.2, 0.25) is 5.91 Å². The number of aromatic nitrogens is 1. The minimum atomic E-state index is -0.215. The first kappa shape index (κ1) is 24.9. The molecule has 0 saturated carbocycles. The highest BCUT2D eigenvalue weighted by molar-refractivity contribution is 6.02. The van der Waals surface area contributed by atoms with Gasteiger partial charge in [-0.05, 0) is 60.9 Å². The molecule has 1 aromatic heterocycles. The van der Waals surface area contributed by atoms with Crippen LogP contribution in [0.5, 0.6) is 11.5 Å². The summed E-state index contributed by atoms with van der Waals surface area (Å²) in [5.74, 6) is 0.619. The van der Waals surface area contributed by atoms with Crippen molar-refractivity contribution in [1.82, 2.24) is 10.3 Å². The summed E-state index contributed by atoms with van der Waals surface area (Å²) in [6.45, 7) is 2.57. The Hall–Kier alpha value is -4.20. The number of amides is 2. The van der Waals surface area contributed by atoms with Crippen molar-refractivity contribution >= 4 is 23.3 Å². The molecule has 0 unspecified atom stereocenters. The van der Waals surface area contributed by atoms with Gasteiger partial charge in [-0.2, -0.15) is 0 Å². The van der Waals surface area contributed by atoms with Crippen molar-refractivity contribution in [1.29, 1.82) is 0 Å². The van der Waals surface area contributed by atoms with Crippen LogP contribution in [0.2, 0.25) is 0 Å². The van der Waals surface area contributed by atoms with Gasteiger partial charge in [-0.1, -0.05) is 25.1 Å². The Balaban J connectivity index is 1.33. The first-order valence-corrected chi connectivity index (χ1v) is 12.0. The maximum Gasteiger partial charge on any atom is 0.265 e. The Morgan fingerprint density at radius 1 is 1.11 bits per heavy atom. The molecule has 1 N–H and O–H groups in total. The normalized spacial score (nSPS) is 12.5. The minimum Gasteiger partial charge on any atom is -0.485 e. The molecule has 1 aliphatic rings. The summed E-state index contributed by atoms with van der Waals surface area (Å²) in [4.78, 5) is 43.3. The van der Waals surface area contributed by atoms with Crippen LogP contribution in [0.3, 0.4) is 0 Å². The number of nitrogens with one attached hydrogen (secondary N) is 1. The molecule has 1 aliphatic heterocycles. The van der Waals surface area contributed by atoms with E-state index in [0.717, 1.165) is 12.1 Å². The number of benzene rings is 2. The zero-order valence-corrected chi connectivity index (χ0v) is 20.2. The monoisotopic (exact) mass is 487 g/mol. The average molecular weight is 488 g/mol. The Morgan fingerprint density at radius 2 is 1.94 bits per heavy atom. The maximum atomic E-state index is 12.8. The number of fused-ring (bicyclic) bond motifs is 1. The Morgan fingerprint density at radius 3 is 2.69 bits per heavy atom. The minimum absolute atomic E-state index is 0.0803. The molecule has 4 rings (SSSR count). The fourth-order valence-electron chi connectivity index (χ4n) is 3.85. The molecule has 2 amide bonds. The SMILES string of the molecule is CCc1ccc(OCC(=O)c2ccc3c(c2)N(CCCC(=O)NCc2ccccn2)C(=O)CO3)cc1. The van der Waals surface area contributed by atoms with Crippen molar-refractivity contribution in [2.24, 2.45) is 0 Å². The van der Waals surface area contributed by atoms with Crippen LogP contribution in [0, 0.1) is 0 Å². The summed E-state index contributed by atoms with van der Waals surface area (Å²) in [6, 6.07) is 18.2. The molecular formula is C28H29N3O5. The number of carbonyl (C=O) groups excluding carboxylic acids is 3. The van der Waals surface area contributed by atoms with Crippen LogP contribution in [-0.2, 0) is 22.6 Å². The molecule has 2 aromatic carbocycles. The topological polar surface area (TPSA) is 97.8 Å². The molecule has 8 nitrogen and oxygen atoms in total. The first-order valence-electron chi connectivity index (χ1n) is 12.0. The van der Waals surface area contributed by atoms with Crippen molar-refractivity contribution in [3.05, 3.63) is 83.7 Å². The quantitative estimate of drug-likeness (QED) is 0.414. The van der Waals surface area contributed by atoms with Gasteiger partial charge in [0, 0.05) is 24.7 Å². The smallest absolute Gasteiger partial charge is 0.265 e. The summed E-state index contributed by atoms with van der Waals surface area (Å²) in [7, 11) is 0. The van der Waals surface area contributed by atoms with Crippen LogP contribution in [0.25, 0.3) is 0 Å². The third-order valence-electron chi connectivity index (χ3n) is 5.90. The molecule has 2 heterocycles. The van der Waals surface area contributed by atoms with E-state index in [0.29, 0.717) is 42.3 Å². The van der Waals surface area contributed by atoms with E-state index in [9.17, 15) is 14.4 Å². The van der Waals surface area contributed by atoms with E-state index in [2.05, 4.69) is 17.2 Å². The van der Waals surface area contributed by atoms with Gasteiger partial charge in [0.15, 0.2) is 19.0 Å². The van der Waals surface area contributed by atoms with Crippen LogP contribution in [-0.4, -0.2) is 42.3 Å². The van der Waals surface area contributed by atoms with Crippen molar-refractivity contribution in [2.45, 2.75) is 32.7 Å². The van der Waals surface area contributed by atoms with E-state index in [4.69, 9.17) is 9.47 Å². The lowest BCUT2D eigenvalue weighted by molar-refractivity contribution is -0.123. The summed E-state index contributed by atoms with van der Waals surface area (Å²) in [6.07, 6.45) is 3.34. The summed E-state index contributed by atoms with van der Waals surface area (Å²) >= 11 is 0. The summed E-state index contributed by atoms with van der Waals surface area (Å²) in [5.41, 5.74) is 2.93. The zero-order valence-electron chi connectivity index (χ0n) is 20.2. The van der Waals surface area contributed by atoms with Gasteiger partial charge in [0.05, 0.1) is 17.9 Å². The highest BCUT2D eigenvalue weighted by atomic mass is 16.5. The van der Waals surface area contributed by atoms with Gasteiger partial charge >= 0.3 is 0 Å². The third-order valence-corrected chi connectivity index (χ3v) is 5.90. The van der Waals surface area contributed by atoms with Crippen LogP contribution in [0.15, 0.2) is 66.9 Å². The van der Waals surface area contributed by atoms with Crippen LogP contribution >= 0.6 is 0 Å². The molecule has 36 heavy (non-hydrogen) atoms.